The molecule has 1 fully saturated rings. The summed E-state index contributed by atoms with van der Waals surface area (Å²) < 4.78 is 8.41. The van der Waals surface area contributed by atoms with Crippen LogP contribution in [0.1, 0.15) is 30.1 Å². The zero-order chi connectivity index (χ0) is 20.4. The van der Waals surface area contributed by atoms with Crippen molar-refractivity contribution >= 4 is 5.91 Å². The first-order valence-corrected chi connectivity index (χ1v) is 10.0. The van der Waals surface area contributed by atoms with Crippen LogP contribution in [0.4, 0.5) is 0 Å². The smallest absolute Gasteiger partial charge is 0.282 e. The second-order valence-corrected chi connectivity index (χ2v) is 7.72. The Kier molecular flexibility index (Phi) is 5.49. The molecule has 1 amide bonds. The lowest BCUT2D eigenvalue weighted by Crippen LogP contribution is -2.39. The van der Waals surface area contributed by atoms with Gasteiger partial charge in [0.05, 0.1) is 23.4 Å². The van der Waals surface area contributed by atoms with Crippen molar-refractivity contribution in [2.24, 2.45) is 5.92 Å². The Bertz CT molecular complexity index is 1020. The molecule has 0 aliphatic carbocycles. The molecule has 0 radical (unpaired) electrons. The fourth-order valence-electron chi connectivity index (χ4n) is 3.93. The highest BCUT2D eigenvalue weighted by molar-refractivity contribution is 6.00. The van der Waals surface area contributed by atoms with E-state index in [1.807, 2.05) is 39.8 Å². The lowest BCUT2D eigenvalue weighted by Gasteiger charge is -2.31. The van der Waals surface area contributed by atoms with Gasteiger partial charge in [0.15, 0.2) is 0 Å². The number of carbonyl (C=O) groups is 1. The predicted octanol–water partition coefficient (Wildman–Crippen LogP) is 2.66. The van der Waals surface area contributed by atoms with E-state index in [2.05, 4.69) is 12.0 Å². The third kappa shape index (κ3) is 3.82. The molecule has 1 saturated heterocycles. The molecule has 4 rings (SSSR count). The average Bonchev–Trinajstić information content (AvgIpc) is 3.08. The Hall–Kier alpha value is -2.93. The summed E-state index contributed by atoms with van der Waals surface area (Å²) in [6.45, 7) is 4.68. The average molecular weight is 394 g/mol. The van der Waals surface area contributed by atoms with E-state index in [0.717, 1.165) is 25.9 Å². The zero-order valence-corrected chi connectivity index (χ0v) is 16.9. The van der Waals surface area contributed by atoms with E-state index in [1.54, 1.807) is 19.5 Å². The molecule has 7 nitrogen and oxygen atoms in total. The number of hydrogen-bond donors (Lipinski definition) is 0. The number of likely N-dealkylation sites (tertiary alicyclic amines) is 1. The van der Waals surface area contributed by atoms with Crippen LogP contribution in [0.3, 0.4) is 0 Å². The van der Waals surface area contributed by atoms with Crippen LogP contribution >= 0.6 is 0 Å². The second-order valence-electron chi connectivity index (χ2n) is 7.72. The summed E-state index contributed by atoms with van der Waals surface area (Å²) in [6, 6.07) is 9.28. The van der Waals surface area contributed by atoms with E-state index in [4.69, 9.17) is 4.74 Å². The summed E-state index contributed by atoms with van der Waals surface area (Å²) in [5, 5.41) is 4.55. The Labute approximate surface area is 169 Å². The van der Waals surface area contributed by atoms with Crippen molar-refractivity contribution in [3.05, 3.63) is 58.6 Å². The maximum atomic E-state index is 13.4. The minimum Gasteiger partial charge on any atom is -0.383 e. The molecule has 0 bridgehead atoms. The number of nitrogens with zero attached hydrogens (tertiary/aromatic N) is 4. The molecule has 1 aromatic carbocycles. The largest absolute Gasteiger partial charge is 0.383 e. The third-order valence-corrected chi connectivity index (χ3v) is 5.45. The van der Waals surface area contributed by atoms with E-state index in [9.17, 15) is 9.59 Å². The Morgan fingerprint density at radius 3 is 2.76 bits per heavy atom. The number of para-hydroxylation sites is 1. The maximum Gasteiger partial charge on any atom is 0.282 e. The van der Waals surface area contributed by atoms with Gasteiger partial charge in [-0.3, -0.25) is 9.59 Å². The minimum absolute atomic E-state index is 0.0639. The first-order valence-electron chi connectivity index (χ1n) is 10.0. The van der Waals surface area contributed by atoms with Gasteiger partial charge < -0.3 is 14.2 Å². The minimum atomic E-state index is -0.223. The number of ether oxygens (including phenoxy) is 1. The molecule has 152 valence electrons. The molecule has 0 unspecified atom stereocenters. The van der Waals surface area contributed by atoms with Gasteiger partial charge in [0.25, 0.3) is 11.5 Å². The quantitative estimate of drug-likeness (QED) is 0.667. The normalized spacial score (nSPS) is 17.0. The van der Waals surface area contributed by atoms with Gasteiger partial charge in [0.1, 0.15) is 5.69 Å². The third-order valence-electron chi connectivity index (χ3n) is 5.45. The Balaban J connectivity index is 1.83. The summed E-state index contributed by atoms with van der Waals surface area (Å²) in [5.41, 5.74) is 1.83. The molecule has 0 saturated carbocycles. The fourth-order valence-corrected chi connectivity index (χ4v) is 3.93. The lowest BCUT2D eigenvalue weighted by molar-refractivity contribution is 0.0682. The van der Waals surface area contributed by atoms with Crippen molar-refractivity contribution in [3.8, 4) is 16.9 Å². The Morgan fingerprint density at radius 2 is 2.03 bits per heavy atom. The van der Waals surface area contributed by atoms with Crippen LogP contribution in [0.2, 0.25) is 0 Å². The highest BCUT2D eigenvalue weighted by atomic mass is 16.5. The molecule has 7 heteroatoms. The molecule has 3 heterocycles. The van der Waals surface area contributed by atoms with Gasteiger partial charge in [-0.15, -0.1) is 0 Å². The summed E-state index contributed by atoms with van der Waals surface area (Å²) in [4.78, 5) is 28.3. The molecule has 1 atom stereocenters. The number of rotatable bonds is 5. The van der Waals surface area contributed by atoms with Crippen LogP contribution in [0.5, 0.6) is 0 Å². The molecule has 0 aromatic heterocycles. The first-order chi connectivity index (χ1) is 14.1. The number of amides is 1. The maximum absolute atomic E-state index is 13.4. The van der Waals surface area contributed by atoms with Crippen molar-refractivity contribution < 1.29 is 9.53 Å². The predicted molar refractivity (Wildman–Crippen MR) is 111 cm³/mol. The van der Waals surface area contributed by atoms with Gasteiger partial charge in [0.2, 0.25) is 0 Å². The van der Waals surface area contributed by atoms with Crippen molar-refractivity contribution in [1.29, 1.82) is 0 Å². The Morgan fingerprint density at radius 1 is 1.24 bits per heavy atom. The molecule has 3 aliphatic heterocycles. The van der Waals surface area contributed by atoms with Crippen LogP contribution in [-0.4, -0.2) is 52.0 Å². The van der Waals surface area contributed by atoms with E-state index < -0.39 is 0 Å². The molecular weight excluding hydrogens is 368 g/mol. The number of carbonyl (C=O) groups excluding carboxylic acids is 1. The number of benzene rings is 1. The number of piperidine rings is 1. The van der Waals surface area contributed by atoms with Crippen molar-refractivity contribution in [2.45, 2.75) is 26.3 Å². The van der Waals surface area contributed by atoms with E-state index in [1.165, 1.54) is 4.68 Å². The SMILES string of the molecule is COCCn1cc(C(=O)N2CCC[C@@H](C)C2)c2nn(-c3ccccc3)c(=O)c-2c1. The van der Waals surface area contributed by atoms with Gasteiger partial charge in [0, 0.05) is 39.1 Å². The van der Waals surface area contributed by atoms with Crippen LogP contribution in [0.25, 0.3) is 16.9 Å². The highest BCUT2D eigenvalue weighted by Crippen LogP contribution is 2.25. The van der Waals surface area contributed by atoms with Crippen LogP contribution in [-0.2, 0) is 11.3 Å². The van der Waals surface area contributed by atoms with Crippen LogP contribution < -0.4 is 5.56 Å². The first kappa shape index (κ1) is 19.4. The van der Waals surface area contributed by atoms with E-state index in [-0.39, 0.29) is 11.5 Å². The standard InChI is InChI=1S/C22H26N4O3/c1-16-7-6-10-25(13-16)21(27)18-14-24(11-12-29-2)15-19-20(18)23-26(22(19)28)17-8-4-3-5-9-17/h3-5,8-9,14-16H,6-7,10-13H2,1-2H3/t16-/m1/s1. The number of methoxy groups -OCH3 is 1. The topological polar surface area (TPSA) is 69.4 Å². The highest BCUT2D eigenvalue weighted by Gasteiger charge is 2.29. The second kappa shape index (κ2) is 8.21. The summed E-state index contributed by atoms with van der Waals surface area (Å²) >= 11 is 0. The monoisotopic (exact) mass is 394 g/mol. The van der Waals surface area contributed by atoms with Gasteiger partial charge in [-0.05, 0) is 30.9 Å². The summed E-state index contributed by atoms with van der Waals surface area (Å²) in [7, 11) is 1.63. The van der Waals surface area contributed by atoms with Crippen molar-refractivity contribution in [1.82, 2.24) is 19.2 Å². The van der Waals surface area contributed by atoms with E-state index in [0.29, 0.717) is 41.6 Å². The number of hydrogen-bond acceptors (Lipinski definition) is 4. The fraction of sp³-hybridized carbons (Fsp3) is 0.409. The molecule has 0 spiro atoms. The van der Waals surface area contributed by atoms with E-state index >= 15 is 0 Å². The van der Waals surface area contributed by atoms with Crippen LogP contribution in [0, 0.1) is 5.92 Å². The summed E-state index contributed by atoms with van der Waals surface area (Å²) in [6.07, 6.45) is 5.69. The summed E-state index contributed by atoms with van der Waals surface area (Å²) in [5.74, 6) is 0.412. The van der Waals surface area contributed by atoms with Gasteiger partial charge in [-0.2, -0.15) is 9.78 Å². The van der Waals surface area contributed by atoms with Crippen molar-refractivity contribution in [2.75, 3.05) is 26.8 Å². The molecule has 29 heavy (non-hydrogen) atoms. The van der Waals surface area contributed by atoms with Crippen molar-refractivity contribution in [3.63, 3.8) is 0 Å². The van der Waals surface area contributed by atoms with Crippen LogP contribution in [0.15, 0.2) is 47.5 Å². The van der Waals surface area contributed by atoms with Gasteiger partial charge in [-0.25, -0.2) is 0 Å². The lowest BCUT2D eigenvalue weighted by atomic mass is 9.99. The molecular formula is C22H26N4O3. The number of aromatic nitrogens is 3. The molecule has 1 aromatic rings. The zero-order valence-electron chi connectivity index (χ0n) is 16.9. The molecule has 3 aliphatic rings. The number of fused-ring (bicyclic) bond motifs is 1. The van der Waals surface area contributed by atoms with Gasteiger partial charge >= 0.3 is 0 Å². The number of pyridine rings is 1. The van der Waals surface area contributed by atoms with Gasteiger partial charge in [-0.1, -0.05) is 25.1 Å². The molecule has 0 N–H and O–H groups in total.